The normalized spacial score (nSPS) is 18.2. The molecule has 3 aromatic rings. The molecule has 13 heteroatoms. The number of hydrogen-bond acceptors (Lipinski definition) is 9. The summed E-state index contributed by atoms with van der Waals surface area (Å²) in [5.74, 6) is 0.746. The van der Waals surface area contributed by atoms with Gasteiger partial charge in [-0.2, -0.15) is 12.6 Å². The first kappa shape index (κ1) is 29.1. The lowest BCUT2D eigenvalue weighted by atomic mass is 9.95. The lowest BCUT2D eigenvalue weighted by molar-refractivity contribution is -0.121. The number of nitrogens with one attached hydrogen (secondary N) is 2. The number of thiol groups is 1. The number of carbonyl (C=O) groups is 3. The lowest BCUT2D eigenvalue weighted by Crippen LogP contribution is -2.43. The third kappa shape index (κ3) is 7.25. The Morgan fingerprint density at radius 2 is 1.88 bits per heavy atom. The smallest absolute Gasteiger partial charge is 0.410 e. The van der Waals surface area contributed by atoms with Gasteiger partial charge >= 0.3 is 6.09 Å². The van der Waals surface area contributed by atoms with Crippen LogP contribution in [0.2, 0.25) is 0 Å². The van der Waals surface area contributed by atoms with Crippen LogP contribution in [-0.2, 0) is 34.4 Å². The summed E-state index contributed by atoms with van der Waals surface area (Å²) >= 11 is 5.98. The van der Waals surface area contributed by atoms with Gasteiger partial charge in [0.2, 0.25) is 11.8 Å². The Morgan fingerprint density at radius 1 is 1.10 bits per heavy atom. The molecular weight excluding hydrogens is 562 g/mol. The van der Waals surface area contributed by atoms with Gasteiger partial charge in [-0.3, -0.25) is 14.5 Å². The lowest BCUT2D eigenvalue weighted by Gasteiger charge is -2.22. The van der Waals surface area contributed by atoms with Crippen LogP contribution < -0.4 is 10.6 Å². The fourth-order valence-electron chi connectivity index (χ4n) is 5.29. The van der Waals surface area contributed by atoms with E-state index in [4.69, 9.17) is 17.4 Å². The maximum Gasteiger partial charge on any atom is 0.410 e. The molecule has 218 valence electrons. The molecule has 0 bridgehead atoms. The fourth-order valence-corrected chi connectivity index (χ4v) is 6.48. The van der Waals surface area contributed by atoms with Gasteiger partial charge in [0.25, 0.3) is 0 Å². The zero-order chi connectivity index (χ0) is 28.8. The Morgan fingerprint density at radius 3 is 2.66 bits per heavy atom. The Labute approximate surface area is 248 Å². The number of thiazole rings is 1. The maximum absolute atomic E-state index is 13.1. The first-order valence-corrected chi connectivity index (χ1v) is 15.4. The summed E-state index contributed by atoms with van der Waals surface area (Å²) in [6.07, 6.45) is 6.48. The van der Waals surface area contributed by atoms with E-state index in [-0.39, 0.29) is 30.9 Å². The third-order valence-corrected chi connectivity index (χ3v) is 8.83. The standard InChI is InChI=1S/C28H35N7O4S2/c1-34-22(15-23(36)29-19-11-6-3-7-12-19)32-33-25(34)24(40)20-17-41-27(30-20)31-26(37)21-13-8-14-35(21)28(38)39-16-18-9-4-2-5-10-18/h2,4-5,9-10,17,19,21,24,40H,3,6-8,11-16H2,1H3,(H,29,36)(H,30,31,37). The number of carbonyl (C=O) groups excluding carboxylic acids is 3. The van der Waals surface area contributed by atoms with Crippen LogP contribution in [0.4, 0.5) is 9.93 Å². The number of benzene rings is 1. The summed E-state index contributed by atoms with van der Waals surface area (Å²) in [5, 5.41) is 16.2. The molecule has 1 aromatic carbocycles. The van der Waals surface area contributed by atoms with Crippen molar-refractivity contribution < 1.29 is 19.1 Å². The van der Waals surface area contributed by atoms with Crippen LogP contribution >= 0.6 is 24.0 Å². The van der Waals surface area contributed by atoms with Crippen molar-refractivity contribution in [1.82, 2.24) is 30.0 Å². The minimum absolute atomic E-state index is 0.0572. The summed E-state index contributed by atoms with van der Waals surface area (Å²) in [5.41, 5.74) is 1.49. The van der Waals surface area contributed by atoms with Crippen LogP contribution in [0.25, 0.3) is 0 Å². The molecule has 1 aliphatic carbocycles. The van der Waals surface area contributed by atoms with E-state index in [1.807, 2.05) is 37.4 Å². The number of amides is 3. The highest BCUT2D eigenvalue weighted by atomic mass is 32.1. The number of rotatable bonds is 9. The molecule has 3 heterocycles. The molecule has 2 aliphatic rings. The highest BCUT2D eigenvalue weighted by Gasteiger charge is 2.35. The van der Waals surface area contributed by atoms with E-state index in [0.717, 1.165) is 31.2 Å². The fraction of sp³-hybridized carbons (Fsp3) is 0.500. The molecule has 2 N–H and O–H groups in total. The van der Waals surface area contributed by atoms with E-state index in [1.165, 1.54) is 22.7 Å². The second-order valence-electron chi connectivity index (χ2n) is 10.5. The predicted molar refractivity (Wildman–Crippen MR) is 158 cm³/mol. The molecule has 0 radical (unpaired) electrons. The van der Waals surface area contributed by atoms with E-state index in [2.05, 4.69) is 25.8 Å². The average molecular weight is 598 g/mol. The van der Waals surface area contributed by atoms with Gasteiger partial charge in [0.1, 0.15) is 23.7 Å². The van der Waals surface area contributed by atoms with Gasteiger partial charge in [0.15, 0.2) is 11.0 Å². The van der Waals surface area contributed by atoms with Gasteiger partial charge in [-0.1, -0.05) is 49.6 Å². The second kappa shape index (κ2) is 13.5. The van der Waals surface area contributed by atoms with E-state index in [1.54, 1.807) is 9.95 Å². The highest BCUT2D eigenvalue weighted by Crippen LogP contribution is 2.30. The molecule has 5 rings (SSSR count). The highest BCUT2D eigenvalue weighted by molar-refractivity contribution is 7.80. The summed E-state index contributed by atoms with van der Waals surface area (Å²) in [7, 11) is 1.81. The summed E-state index contributed by atoms with van der Waals surface area (Å²) in [6.45, 7) is 0.610. The van der Waals surface area contributed by atoms with Crippen molar-refractivity contribution in [2.75, 3.05) is 11.9 Å². The number of hydrogen-bond donors (Lipinski definition) is 3. The van der Waals surface area contributed by atoms with Crippen molar-refractivity contribution in [3.63, 3.8) is 0 Å². The molecule has 2 atom stereocenters. The molecule has 1 aliphatic heterocycles. The van der Waals surface area contributed by atoms with Crippen molar-refractivity contribution >= 4 is 47.0 Å². The number of anilines is 1. The number of ether oxygens (including phenoxy) is 1. The van der Waals surface area contributed by atoms with Crippen molar-refractivity contribution in [2.24, 2.45) is 7.05 Å². The predicted octanol–water partition coefficient (Wildman–Crippen LogP) is 4.02. The van der Waals surface area contributed by atoms with E-state index >= 15 is 0 Å². The largest absolute Gasteiger partial charge is 0.445 e. The van der Waals surface area contributed by atoms with Crippen LogP contribution in [0, 0.1) is 0 Å². The van der Waals surface area contributed by atoms with Gasteiger partial charge in [0.05, 0.1) is 12.1 Å². The van der Waals surface area contributed by atoms with Crippen LogP contribution in [0.15, 0.2) is 35.7 Å². The van der Waals surface area contributed by atoms with Crippen LogP contribution in [0.5, 0.6) is 0 Å². The maximum atomic E-state index is 13.1. The Balaban J connectivity index is 1.15. The van der Waals surface area contributed by atoms with Crippen LogP contribution in [0.1, 0.15) is 73.1 Å². The average Bonchev–Trinajstić information content (AvgIpc) is 3.73. The molecule has 1 saturated carbocycles. The van der Waals surface area contributed by atoms with Crippen molar-refractivity contribution in [1.29, 1.82) is 0 Å². The quantitative estimate of drug-likeness (QED) is 0.318. The molecule has 3 amide bonds. The zero-order valence-corrected chi connectivity index (χ0v) is 24.7. The first-order chi connectivity index (χ1) is 19.9. The van der Waals surface area contributed by atoms with Gasteiger partial charge < -0.3 is 19.9 Å². The number of likely N-dealkylation sites (tertiary alicyclic amines) is 1. The second-order valence-corrected chi connectivity index (χ2v) is 11.8. The van der Waals surface area contributed by atoms with Gasteiger partial charge in [0, 0.05) is 25.0 Å². The molecule has 41 heavy (non-hydrogen) atoms. The molecule has 2 fully saturated rings. The van der Waals surface area contributed by atoms with E-state index in [9.17, 15) is 14.4 Å². The van der Waals surface area contributed by atoms with Gasteiger partial charge in [-0.25, -0.2) is 9.78 Å². The minimum atomic E-state index is -0.626. The van der Waals surface area contributed by atoms with Gasteiger partial charge in [-0.05, 0) is 31.2 Å². The molecule has 2 aromatic heterocycles. The molecule has 0 spiro atoms. The molecule has 2 unspecified atom stereocenters. The number of nitrogens with zero attached hydrogens (tertiary/aromatic N) is 5. The summed E-state index contributed by atoms with van der Waals surface area (Å²) in [4.78, 5) is 44.4. The van der Waals surface area contributed by atoms with Gasteiger partial charge in [-0.15, -0.1) is 21.5 Å². The van der Waals surface area contributed by atoms with Crippen molar-refractivity contribution in [3.8, 4) is 0 Å². The number of aromatic nitrogens is 4. The Kier molecular flexibility index (Phi) is 9.55. The summed E-state index contributed by atoms with van der Waals surface area (Å²) < 4.78 is 7.22. The van der Waals surface area contributed by atoms with Crippen molar-refractivity contribution in [2.45, 2.75) is 75.3 Å². The zero-order valence-electron chi connectivity index (χ0n) is 23.0. The topological polar surface area (TPSA) is 131 Å². The Hall–Kier alpha value is -3.45. The Bertz CT molecular complexity index is 1360. The van der Waals surface area contributed by atoms with Crippen LogP contribution in [0.3, 0.4) is 0 Å². The van der Waals surface area contributed by atoms with Crippen LogP contribution in [-0.4, -0.2) is 61.2 Å². The third-order valence-electron chi connectivity index (χ3n) is 7.56. The molecule has 11 nitrogen and oxygen atoms in total. The summed E-state index contributed by atoms with van der Waals surface area (Å²) in [6, 6.07) is 9.04. The first-order valence-electron chi connectivity index (χ1n) is 14.0. The van der Waals surface area contributed by atoms with E-state index < -0.39 is 17.4 Å². The molecule has 1 saturated heterocycles. The SMILES string of the molecule is Cn1c(CC(=O)NC2CCCCC2)nnc1C(S)c1csc(NC(=O)C2CCCN2C(=O)OCc2ccccc2)n1. The monoisotopic (exact) mass is 597 g/mol. The minimum Gasteiger partial charge on any atom is -0.445 e. The van der Waals surface area contributed by atoms with Crippen molar-refractivity contribution in [3.05, 3.63) is 58.6 Å². The van der Waals surface area contributed by atoms with E-state index in [0.29, 0.717) is 41.9 Å². The molecular formula is C28H35N7O4S2.